The quantitative estimate of drug-likeness (QED) is 0.590. The van der Waals surface area contributed by atoms with Crippen molar-refractivity contribution in [2.24, 2.45) is 0 Å². The number of hydrogen-bond acceptors (Lipinski definition) is 4. The monoisotopic (exact) mass is 225 g/mol. The average Bonchev–Trinajstić information content (AvgIpc) is 2.36. The Hall–Kier alpha value is -1.39. The Morgan fingerprint density at radius 2 is 1.94 bits per heavy atom. The maximum atomic E-state index is 9.60. The topological polar surface area (TPSA) is 47.6 Å². The molecule has 16 heavy (non-hydrogen) atoms. The summed E-state index contributed by atoms with van der Waals surface area (Å²) in [7, 11) is 3.50. The molecule has 0 fully saturated rings. The molecule has 0 aliphatic rings. The summed E-state index contributed by atoms with van der Waals surface area (Å²) < 4.78 is 9.38. The summed E-state index contributed by atoms with van der Waals surface area (Å²) in [6, 6.07) is 10.1. The molecule has 0 aliphatic carbocycles. The molecule has 0 unspecified atom stereocenters. The number of carbonyl (C=O) groups excluding carboxylic acids is 1. The van der Waals surface area contributed by atoms with E-state index in [4.69, 9.17) is 4.74 Å². The molecule has 1 N–H and O–H groups in total. The lowest BCUT2D eigenvalue weighted by Gasteiger charge is -1.95. The Morgan fingerprint density at radius 3 is 2.38 bits per heavy atom. The molecule has 1 aromatic carbocycles. The number of hydrogen-bond donors (Lipinski definition) is 1. The number of ether oxygens (including phenoxy) is 2. The molecule has 0 aromatic heterocycles. The van der Waals surface area contributed by atoms with E-state index in [1.54, 1.807) is 7.11 Å². The average molecular weight is 225 g/mol. The highest BCUT2D eigenvalue weighted by atomic mass is 16.5. The van der Waals surface area contributed by atoms with Crippen molar-refractivity contribution >= 4 is 12.0 Å². The van der Waals surface area contributed by atoms with E-state index in [2.05, 4.69) is 10.1 Å². The summed E-state index contributed by atoms with van der Waals surface area (Å²) in [4.78, 5) is 9.60. The third kappa shape index (κ3) is 9.18. The molecule has 0 aliphatic heterocycles. The number of para-hydroxylation sites is 1. The van der Waals surface area contributed by atoms with Gasteiger partial charge in [-0.2, -0.15) is 0 Å². The number of carbonyl (C=O) groups is 1. The van der Waals surface area contributed by atoms with Gasteiger partial charge in [-0.1, -0.05) is 18.2 Å². The highest BCUT2D eigenvalue weighted by molar-refractivity contribution is 5.50. The second-order valence-electron chi connectivity index (χ2n) is 2.85. The van der Waals surface area contributed by atoms with Crippen LogP contribution in [0, 0.1) is 0 Å². The minimum Gasteiger partial charge on any atom is -0.388 e. The summed E-state index contributed by atoms with van der Waals surface area (Å²) in [5, 5.41) is 3.03. The van der Waals surface area contributed by atoms with Crippen LogP contribution in [0.2, 0.25) is 0 Å². The van der Waals surface area contributed by atoms with Crippen LogP contribution >= 0.6 is 0 Å². The Morgan fingerprint density at radius 1 is 1.25 bits per heavy atom. The predicted octanol–water partition coefficient (Wildman–Crippen LogP) is 1.58. The van der Waals surface area contributed by atoms with Crippen molar-refractivity contribution < 1.29 is 14.3 Å². The van der Waals surface area contributed by atoms with Crippen LogP contribution in [0.25, 0.3) is 0 Å². The van der Waals surface area contributed by atoms with Crippen molar-refractivity contribution in [3.8, 4) is 0 Å². The van der Waals surface area contributed by atoms with Gasteiger partial charge >= 0.3 is 0 Å². The summed E-state index contributed by atoms with van der Waals surface area (Å²) in [5.74, 6) is 0. The van der Waals surface area contributed by atoms with Crippen molar-refractivity contribution in [3.05, 3.63) is 30.3 Å². The van der Waals surface area contributed by atoms with Crippen LogP contribution < -0.4 is 5.32 Å². The molecular formula is C12H19NO3. The van der Waals surface area contributed by atoms with Crippen molar-refractivity contribution in [1.29, 1.82) is 0 Å². The molecule has 0 heterocycles. The van der Waals surface area contributed by atoms with Crippen LogP contribution in [0.4, 0.5) is 5.69 Å². The standard InChI is InChI=1S/C7H9N.C5H10O3/c1-8-7-5-3-2-4-6-7;1-7-4-5-8-3-2-6/h2-6,8H,1H3;2H,3-5H2,1H3. The highest BCUT2D eigenvalue weighted by Crippen LogP contribution is 2.01. The molecule has 0 saturated carbocycles. The third-order valence-electron chi connectivity index (χ3n) is 1.68. The van der Waals surface area contributed by atoms with E-state index in [1.165, 1.54) is 0 Å². The molecule has 90 valence electrons. The van der Waals surface area contributed by atoms with E-state index < -0.39 is 0 Å². The van der Waals surface area contributed by atoms with Gasteiger partial charge in [-0.05, 0) is 12.1 Å². The predicted molar refractivity (Wildman–Crippen MR) is 64.7 cm³/mol. The maximum absolute atomic E-state index is 9.60. The van der Waals surface area contributed by atoms with E-state index in [0.717, 1.165) is 12.0 Å². The first-order valence-electron chi connectivity index (χ1n) is 5.08. The lowest BCUT2D eigenvalue weighted by Crippen LogP contribution is -2.02. The highest BCUT2D eigenvalue weighted by Gasteiger charge is 1.81. The molecule has 4 heteroatoms. The van der Waals surface area contributed by atoms with Crippen molar-refractivity contribution in [2.45, 2.75) is 0 Å². The van der Waals surface area contributed by atoms with Crippen LogP contribution in [0.1, 0.15) is 0 Å². The fourth-order valence-electron chi connectivity index (χ4n) is 0.879. The van der Waals surface area contributed by atoms with Crippen molar-refractivity contribution in [3.63, 3.8) is 0 Å². The Balaban J connectivity index is 0.000000281. The first kappa shape index (κ1) is 14.6. The lowest BCUT2D eigenvalue weighted by molar-refractivity contribution is -0.112. The van der Waals surface area contributed by atoms with Gasteiger partial charge < -0.3 is 19.6 Å². The van der Waals surface area contributed by atoms with Gasteiger partial charge in [0.2, 0.25) is 0 Å². The number of rotatable bonds is 6. The van der Waals surface area contributed by atoms with Gasteiger partial charge in [0.1, 0.15) is 12.9 Å². The zero-order valence-electron chi connectivity index (χ0n) is 9.81. The van der Waals surface area contributed by atoms with Gasteiger partial charge in [0, 0.05) is 19.8 Å². The van der Waals surface area contributed by atoms with Crippen LogP contribution in [0.15, 0.2) is 30.3 Å². The zero-order valence-corrected chi connectivity index (χ0v) is 9.81. The van der Waals surface area contributed by atoms with E-state index >= 15 is 0 Å². The van der Waals surface area contributed by atoms with Crippen molar-refractivity contribution in [1.82, 2.24) is 0 Å². The lowest BCUT2D eigenvalue weighted by atomic mass is 10.3. The SMILES string of the molecule is CNc1ccccc1.COCCOCC=O. The zero-order chi connectivity index (χ0) is 12.1. The molecule has 0 radical (unpaired) electrons. The van der Waals surface area contributed by atoms with Gasteiger partial charge in [-0.25, -0.2) is 0 Å². The van der Waals surface area contributed by atoms with Crippen LogP contribution in [-0.4, -0.2) is 40.3 Å². The molecule has 0 spiro atoms. The smallest absolute Gasteiger partial charge is 0.145 e. The summed E-state index contributed by atoms with van der Waals surface area (Å²) >= 11 is 0. The molecular weight excluding hydrogens is 206 g/mol. The second-order valence-corrected chi connectivity index (χ2v) is 2.85. The van der Waals surface area contributed by atoms with Gasteiger partial charge in [-0.15, -0.1) is 0 Å². The van der Waals surface area contributed by atoms with Crippen LogP contribution in [0.5, 0.6) is 0 Å². The molecule has 1 rings (SSSR count). The van der Waals surface area contributed by atoms with Crippen LogP contribution in [0.3, 0.4) is 0 Å². The summed E-state index contributed by atoms with van der Waals surface area (Å²) in [6.45, 7) is 1.21. The number of methoxy groups -OCH3 is 1. The number of anilines is 1. The fourth-order valence-corrected chi connectivity index (χ4v) is 0.879. The largest absolute Gasteiger partial charge is 0.388 e. The molecule has 0 atom stereocenters. The minimum absolute atomic E-state index is 0.170. The Kier molecular flexibility index (Phi) is 10.7. The summed E-state index contributed by atoms with van der Waals surface area (Å²) in [5.41, 5.74) is 1.16. The van der Waals surface area contributed by atoms with Gasteiger partial charge in [-0.3, -0.25) is 0 Å². The van der Waals surface area contributed by atoms with Gasteiger partial charge in [0.15, 0.2) is 0 Å². The normalized spacial score (nSPS) is 8.88. The molecule has 1 aromatic rings. The molecule has 0 amide bonds. The Labute approximate surface area is 96.6 Å². The van der Waals surface area contributed by atoms with Gasteiger partial charge in [0.05, 0.1) is 13.2 Å². The second kappa shape index (κ2) is 11.7. The fraction of sp³-hybridized carbons (Fsp3) is 0.417. The number of benzene rings is 1. The Bertz CT molecular complexity index is 252. The van der Waals surface area contributed by atoms with Gasteiger partial charge in [0.25, 0.3) is 0 Å². The van der Waals surface area contributed by atoms with E-state index in [0.29, 0.717) is 13.2 Å². The molecule has 0 saturated heterocycles. The molecule has 0 bridgehead atoms. The minimum atomic E-state index is 0.170. The molecule has 4 nitrogen and oxygen atoms in total. The van der Waals surface area contributed by atoms with E-state index in [-0.39, 0.29) is 6.61 Å². The summed E-state index contributed by atoms with van der Waals surface area (Å²) in [6.07, 6.45) is 0.718. The maximum Gasteiger partial charge on any atom is 0.145 e. The first-order valence-corrected chi connectivity index (χ1v) is 5.08. The number of nitrogens with one attached hydrogen (secondary N) is 1. The first-order chi connectivity index (χ1) is 7.85. The third-order valence-corrected chi connectivity index (χ3v) is 1.68. The van der Waals surface area contributed by atoms with Crippen molar-refractivity contribution in [2.75, 3.05) is 39.3 Å². The van der Waals surface area contributed by atoms with E-state index in [9.17, 15) is 4.79 Å². The van der Waals surface area contributed by atoms with E-state index in [1.807, 2.05) is 37.4 Å². The van der Waals surface area contributed by atoms with Crippen LogP contribution in [-0.2, 0) is 14.3 Å². The number of aldehydes is 1.